The molecule has 0 fully saturated rings. The number of carboxylic acid groups (broad SMARTS) is 2. The van der Waals surface area contributed by atoms with Crippen LogP contribution >= 0.6 is 0 Å². The Balaban J connectivity index is 2.49. The van der Waals surface area contributed by atoms with Crippen LogP contribution in [-0.2, 0) is 9.59 Å². The van der Waals surface area contributed by atoms with E-state index in [1.54, 1.807) is 13.1 Å². The third kappa shape index (κ3) is 4.96. The summed E-state index contributed by atoms with van der Waals surface area (Å²) in [6.07, 6.45) is 2.59. The van der Waals surface area contributed by atoms with Crippen molar-refractivity contribution in [3.05, 3.63) is 18.2 Å². The standard InChI is InChI=1S/C11H16N4O5/c1-6(9-12-4-5-13-9)14-11(20)15-7(10(18)19)2-3-8(16)17/h4-7H,2-3H2,1H3,(H,12,13)(H,16,17)(H,18,19)(H2,14,15,20). The number of carbonyl (C=O) groups is 3. The van der Waals surface area contributed by atoms with Crippen molar-refractivity contribution >= 4 is 18.0 Å². The number of carbonyl (C=O) groups excluding carboxylic acids is 1. The molecule has 0 aliphatic rings. The van der Waals surface area contributed by atoms with Crippen molar-refractivity contribution in [2.75, 3.05) is 0 Å². The number of hydrogen-bond donors (Lipinski definition) is 5. The van der Waals surface area contributed by atoms with Crippen LogP contribution in [-0.4, -0.2) is 44.2 Å². The fraction of sp³-hybridized carbons (Fsp3) is 0.455. The normalized spacial score (nSPS) is 13.2. The minimum absolute atomic E-state index is 0.187. The maximum Gasteiger partial charge on any atom is 0.326 e. The first-order valence-corrected chi connectivity index (χ1v) is 5.91. The molecule has 5 N–H and O–H groups in total. The number of nitrogens with zero attached hydrogens (tertiary/aromatic N) is 1. The summed E-state index contributed by atoms with van der Waals surface area (Å²) in [4.78, 5) is 39.7. The van der Waals surface area contributed by atoms with E-state index in [1.165, 1.54) is 6.20 Å². The zero-order chi connectivity index (χ0) is 15.1. The van der Waals surface area contributed by atoms with Crippen LogP contribution in [0.3, 0.4) is 0 Å². The van der Waals surface area contributed by atoms with Crippen molar-refractivity contribution in [2.45, 2.75) is 31.8 Å². The Kier molecular flexibility index (Phi) is 5.51. The molecule has 9 heteroatoms. The summed E-state index contributed by atoms with van der Waals surface area (Å²) in [5, 5.41) is 22.1. The van der Waals surface area contributed by atoms with Gasteiger partial charge in [0, 0.05) is 18.8 Å². The molecule has 2 unspecified atom stereocenters. The molecule has 1 aromatic heterocycles. The van der Waals surface area contributed by atoms with Gasteiger partial charge in [0.15, 0.2) is 0 Å². The van der Waals surface area contributed by atoms with Crippen molar-refractivity contribution in [2.24, 2.45) is 0 Å². The largest absolute Gasteiger partial charge is 0.481 e. The summed E-state index contributed by atoms with van der Waals surface area (Å²) in [7, 11) is 0. The summed E-state index contributed by atoms with van der Waals surface area (Å²) < 4.78 is 0. The van der Waals surface area contributed by atoms with E-state index in [0.29, 0.717) is 5.82 Å². The minimum atomic E-state index is -1.29. The Hall–Kier alpha value is -2.58. The molecule has 110 valence electrons. The highest BCUT2D eigenvalue weighted by Crippen LogP contribution is 2.05. The van der Waals surface area contributed by atoms with Crippen molar-refractivity contribution in [1.29, 1.82) is 0 Å². The van der Waals surface area contributed by atoms with Crippen molar-refractivity contribution in [1.82, 2.24) is 20.6 Å². The molecule has 1 heterocycles. The number of nitrogens with one attached hydrogen (secondary N) is 3. The van der Waals surface area contributed by atoms with Crippen LogP contribution < -0.4 is 10.6 Å². The number of rotatable bonds is 7. The average Bonchev–Trinajstić information content (AvgIpc) is 2.87. The van der Waals surface area contributed by atoms with Gasteiger partial charge in [-0.15, -0.1) is 0 Å². The lowest BCUT2D eigenvalue weighted by Gasteiger charge is -2.16. The summed E-state index contributed by atoms with van der Waals surface area (Å²) >= 11 is 0. The number of hydrogen-bond acceptors (Lipinski definition) is 4. The first kappa shape index (κ1) is 15.5. The Labute approximate surface area is 114 Å². The third-order valence-corrected chi connectivity index (χ3v) is 2.53. The first-order chi connectivity index (χ1) is 9.40. The SMILES string of the molecule is CC(NC(=O)NC(CCC(=O)O)C(=O)O)c1ncc[nH]1. The fourth-order valence-electron chi connectivity index (χ4n) is 1.50. The second kappa shape index (κ2) is 7.12. The van der Waals surface area contributed by atoms with E-state index >= 15 is 0 Å². The Morgan fingerprint density at radius 2 is 2.05 bits per heavy atom. The van der Waals surface area contributed by atoms with Crippen LogP contribution in [0.25, 0.3) is 0 Å². The number of H-pyrrole nitrogens is 1. The van der Waals surface area contributed by atoms with Gasteiger partial charge in [-0.3, -0.25) is 4.79 Å². The number of amides is 2. The predicted octanol–water partition coefficient (Wildman–Crippen LogP) is 0.0879. The smallest absolute Gasteiger partial charge is 0.326 e. The lowest BCUT2D eigenvalue weighted by atomic mass is 10.1. The molecule has 0 bridgehead atoms. The van der Waals surface area contributed by atoms with Gasteiger partial charge < -0.3 is 25.8 Å². The van der Waals surface area contributed by atoms with E-state index < -0.39 is 30.1 Å². The quantitative estimate of drug-likeness (QED) is 0.479. The molecule has 1 aromatic rings. The second-order valence-electron chi connectivity index (χ2n) is 4.14. The molecule has 0 saturated carbocycles. The Morgan fingerprint density at radius 3 is 2.55 bits per heavy atom. The fourth-order valence-corrected chi connectivity index (χ4v) is 1.50. The van der Waals surface area contributed by atoms with Crippen LogP contribution in [0, 0.1) is 0 Å². The maximum absolute atomic E-state index is 11.6. The number of aromatic amines is 1. The topological polar surface area (TPSA) is 144 Å². The van der Waals surface area contributed by atoms with Gasteiger partial charge in [-0.25, -0.2) is 14.6 Å². The van der Waals surface area contributed by atoms with Crippen LogP contribution in [0.2, 0.25) is 0 Å². The van der Waals surface area contributed by atoms with E-state index in [9.17, 15) is 14.4 Å². The Morgan fingerprint density at radius 1 is 1.35 bits per heavy atom. The van der Waals surface area contributed by atoms with E-state index in [-0.39, 0.29) is 12.8 Å². The zero-order valence-corrected chi connectivity index (χ0v) is 10.8. The number of imidazole rings is 1. The van der Waals surface area contributed by atoms with Gasteiger partial charge in [-0.2, -0.15) is 0 Å². The molecular formula is C11H16N4O5. The summed E-state index contributed by atoms with van der Waals surface area (Å²) in [5.74, 6) is -1.88. The van der Waals surface area contributed by atoms with Crippen molar-refractivity contribution < 1.29 is 24.6 Å². The predicted molar refractivity (Wildman–Crippen MR) is 67.0 cm³/mol. The number of aliphatic carboxylic acids is 2. The van der Waals surface area contributed by atoms with Crippen LogP contribution in [0.4, 0.5) is 4.79 Å². The van der Waals surface area contributed by atoms with Crippen LogP contribution in [0.1, 0.15) is 31.6 Å². The van der Waals surface area contributed by atoms with Gasteiger partial charge in [0.25, 0.3) is 0 Å². The van der Waals surface area contributed by atoms with E-state index in [4.69, 9.17) is 10.2 Å². The second-order valence-corrected chi connectivity index (χ2v) is 4.14. The molecule has 2 amide bonds. The molecule has 1 rings (SSSR count). The molecule has 0 radical (unpaired) electrons. The molecule has 0 aliphatic heterocycles. The van der Waals surface area contributed by atoms with Gasteiger partial charge >= 0.3 is 18.0 Å². The molecular weight excluding hydrogens is 268 g/mol. The molecule has 9 nitrogen and oxygen atoms in total. The molecule has 20 heavy (non-hydrogen) atoms. The summed E-state index contributed by atoms with van der Waals surface area (Å²) in [6.45, 7) is 1.67. The van der Waals surface area contributed by atoms with Crippen LogP contribution in [0.5, 0.6) is 0 Å². The van der Waals surface area contributed by atoms with E-state index in [0.717, 1.165) is 0 Å². The maximum atomic E-state index is 11.6. The zero-order valence-electron chi connectivity index (χ0n) is 10.8. The monoisotopic (exact) mass is 284 g/mol. The summed E-state index contributed by atoms with van der Waals surface area (Å²) in [5.41, 5.74) is 0. The number of carboxylic acids is 2. The van der Waals surface area contributed by atoms with Crippen molar-refractivity contribution in [3.63, 3.8) is 0 Å². The Bertz CT molecular complexity index is 473. The first-order valence-electron chi connectivity index (χ1n) is 5.91. The lowest BCUT2D eigenvalue weighted by Crippen LogP contribution is -2.46. The molecule has 0 aliphatic carbocycles. The highest BCUT2D eigenvalue weighted by Gasteiger charge is 2.22. The number of aromatic nitrogens is 2. The van der Waals surface area contributed by atoms with Gasteiger partial charge in [-0.05, 0) is 13.3 Å². The highest BCUT2D eigenvalue weighted by atomic mass is 16.4. The molecule has 0 saturated heterocycles. The minimum Gasteiger partial charge on any atom is -0.481 e. The number of urea groups is 1. The van der Waals surface area contributed by atoms with Crippen molar-refractivity contribution in [3.8, 4) is 0 Å². The summed E-state index contributed by atoms with van der Waals surface area (Å²) in [6, 6.07) is -2.39. The third-order valence-electron chi connectivity index (χ3n) is 2.53. The van der Waals surface area contributed by atoms with E-state index in [1.807, 2.05) is 0 Å². The lowest BCUT2D eigenvalue weighted by molar-refractivity contribution is -0.140. The highest BCUT2D eigenvalue weighted by molar-refractivity contribution is 5.83. The van der Waals surface area contributed by atoms with Gasteiger partial charge in [0.05, 0.1) is 6.04 Å². The van der Waals surface area contributed by atoms with Gasteiger partial charge in [0.1, 0.15) is 11.9 Å². The van der Waals surface area contributed by atoms with E-state index in [2.05, 4.69) is 20.6 Å². The molecule has 0 spiro atoms. The van der Waals surface area contributed by atoms with Crippen LogP contribution in [0.15, 0.2) is 12.4 Å². The van der Waals surface area contributed by atoms with Gasteiger partial charge in [0.2, 0.25) is 0 Å². The average molecular weight is 284 g/mol. The van der Waals surface area contributed by atoms with Gasteiger partial charge in [-0.1, -0.05) is 0 Å². The molecule has 0 aromatic carbocycles. The molecule has 2 atom stereocenters.